The van der Waals surface area contributed by atoms with E-state index in [0.717, 1.165) is 5.56 Å². The SMILES string of the molecule is COC(=O)C[C@@H](N)CCCNC(=O)OCc1ccccc1.O=C(O)C(F)(F)F. The molecule has 8 nitrogen and oxygen atoms in total. The van der Waals surface area contributed by atoms with E-state index in [2.05, 4.69) is 10.1 Å². The number of carboxylic acids is 1. The highest BCUT2D eigenvalue weighted by atomic mass is 19.4. The highest BCUT2D eigenvalue weighted by Crippen LogP contribution is 2.13. The third-order valence-electron chi connectivity index (χ3n) is 3.13. The first-order valence-corrected chi connectivity index (χ1v) is 8.13. The predicted molar refractivity (Wildman–Crippen MR) is 92.2 cm³/mol. The molecule has 0 aliphatic heterocycles. The number of rotatable bonds is 8. The number of ether oxygens (including phenoxy) is 2. The zero-order valence-corrected chi connectivity index (χ0v) is 15.2. The maximum atomic E-state index is 11.4. The molecule has 1 atom stereocenters. The number of amides is 1. The van der Waals surface area contributed by atoms with Crippen LogP contribution in [0.5, 0.6) is 0 Å². The maximum Gasteiger partial charge on any atom is 0.490 e. The fraction of sp³-hybridized carbons (Fsp3) is 0.471. The van der Waals surface area contributed by atoms with E-state index >= 15 is 0 Å². The monoisotopic (exact) mass is 408 g/mol. The fourth-order valence-electron chi connectivity index (χ4n) is 1.73. The first-order chi connectivity index (χ1) is 13.1. The predicted octanol–water partition coefficient (Wildman–Crippen LogP) is 2.22. The van der Waals surface area contributed by atoms with Crippen LogP contribution in [0.15, 0.2) is 30.3 Å². The second kappa shape index (κ2) is 13.4. The van der Waals surface area contributed by atoms with E-state index in [1.54, 1.807) is 0 Å². The summed E-state index contributed by atoms with van der Waals surface area (Å²) in [6.45, 7) is 0.705. The molecule has 0 heterocycles. The Balaban J connectivity index is 0.000000887. The highest BCUT2D eigenvalue weighted by Gasteiger charge is 2.38. The Morgan fingerprint density at radius 3 is 2.29 bits per heavy atom. The molecule has 1 rings (SSSR count). The van der Waals surface area contributed by atoms with Crippen LogP contribution in [0.2, 0.25) is 0 Å². The van der Waals surface area contributed by atoms with Crippen LogP contribution in [-0.2, 0) is 25.7 Å². The average molecular weight is 408 g/mol. The van der Waals surface area contributed by atoms with Gasteiger partial charge in [-0.15, -0.1) is 0 Å². The summed E-state index contributed by atoms with van der Waals surface area (Å²) in [4.78, 5) is 31.3. The van der Waals surface area contributed by atoms with Gasteiger partial charge in [0.2, 0.25) is 0 Å². The summed E-state index contributed by atoms with van der Waals surface area (Å²) in [5.74, 6) is -3.08. The Kier molecular flexibility index (Phi) is 12.0. The molecule has 0 unspecified atom stereocenters. The van der Waals surface area contributed by atoms with Crippen molar-refractivity contribution in [2.45, 2.75) is 38.1 Å². The van der Waals surface area contributed by atoms with Gasteiger partial charge in [0.25, 0.3) is 0 Å². The molecule has 1 amide bonds. The lowest BCUT2D eigenvalue weighted by atomic mass is 10.1. The number of carboxylic acid groups (broad SMARTS) is 1. The molecule has 0 aromatic heterocycles. The lowest BCUT2D eigenvalue weighted by Gasteiger charge is -2.10. The molecule has 0 aliphatic rings. The number of methoxy groups -OCH3 is 1. The van der Waals surface area contributed by atoms with E-state index in [-0.39, 0.29) is 25.0 Å². The van der Waals surface area contributed by atoms with Gasteiger partial charge in [-0.3, -0.25) is 4.79 Å². The second-order valence-electron chi connectivity index (χ2n) is 5.47. The number of hydrogen-bond acceptors (Lipinski definition) is 6. The number of nitrogens with one attached hydrogen (secondary N) is 1. The molecular formula is C17H23F3N2O6. The number of alkyl carbamates (subject to hydrolysis) is 1. The molecule has 0 spiro atoms. The van der Waals surface area contributed by atoms with E-state index in [0.29, 0.717) is 19.4 Å². The van der Waals surface area contributed by atoms with Crippen LogP contribution < -0.4 is 11.1 Å². The van der Waals surface area contributed by atoms with E-state index in [1.807, 2.05) is 30.3 Å². The number of aliphatic carboxylic acids is 1. The van der Waals surface area contributed by atoms with Gasteiger partial charge in [-0.2, -0.15) is 13.2 Å². The van der Waals surface area contributed by atoms with Crippen LogP contribution in [0, 0.1) is 0 Å². The van der Waals surface area contributed by atoms with Gasteiger partial charge in [-0.05, 0) is 18.4 Å². The molecule has 0 radical (unpaired) electrons. The van der Waals surface area contributed by atoms with E-state index in [1.165, 1.54) is 7.11 Å². The van der Waals surface area contributed by atoms with Gasteiger partial charge in [0.15, 0.2) is 0 Å². The smallest absolute Gasteiger partial charge is 0.475 e. The number of nitrogens with two attached hydrogens (primary N) is 1. The van der Waals surface area contributed by atoms with Crippen molar-refractivity contribution in [3.8, 4) is 0 Å². The summed E-state index contributed by atoms with van der Waals surface area (Å²) >= 11 is 0. The molecule has 1 aromatic rings. The summed E-state index contributed by atoms with van der Waals surface area (Å²) in [6, 6.07) is 9.21. The molecule has 11 heteroatoms. The number of carbonyl (C=O) groups excluding carboxylic acids is 2. The third kappa shape index (κ3) is 13.4. The van der Waals surface area contributed by atoms with Crippen molar-refractivity contribution in [3.63, 3.8) is 0 Å². The van der Waals surface area contributed by atoms with Gasteiger partial charge < -0.3 is 25.6 Å². The molecule has 0 saturated carbocycles. The van der Waals surface area contributed by atoms with Gasteiger partial charge in [-0.1, -0.05) is 30.3 Å². The first kappa shape index (κ1) is 25.2. The summed E-state index contributed by atoms with van der Waals surface area (Å²) in [5.41, 5.74) is 6.69. The van der Waals surface area contributed by atoms with Gasteiger partial charge in [0.05, 0.1) is 13.5 Å². The van der Waals surface area contributed by atoms with Crippen molar-refractivity contribution >= 4 is 18.0 Å². The normalized spacial score (nSPS) is 11.5. The summed E-state index contributed by atoms with van der Waals surface area (Å²) in [6.07, 6.45) is -4.04. The van der Waals surface area contributed by atoms with Gasteiger partial charge in [0.1, 0.15) is 6.61 Å². The molecule has 0 saturated heterocycles. The Morgan fingerprint density at radius 2 is 1.79 bits per heavy atom. The highest BCUT2D eigenvalue weighted by molar-refractivity contribution is 5.73. The first-order valence-electron chi connectivity index (χ1n) is 8.13. The molecule has 28 heavy (non-hydrogen) atoms. The van der Waals surface area contributed by atoms with Crippen molar-refractivity contribution in [2.75, 3.05) is 13.7 Å². The number of carbonyl (C=O) groups is 3. The minimum absolute atomic E-state index is 0.189. The summed E-state index contributed by atoms with van der Waals surface area (Å²) < 4.78 is 41.3. The van der Waals surface area contributed by atoms with E-state index in [9.17, 15) is 22.8 Å². The third-order valence-corrected chi connectivity index (χ3v) is 3.13. The van der Waals surface area contributed by atoms with Crippen LogP contribution in [0.1, 0.15) is 24.8 Å². The molecule has 158 valence electrons. The second-order valence-corrected chi connectivity index (χ2v) is 5.47. The Morgan fingerprint density at radius 1 is 1.21 bits per heavy atom. The van der Waals surface area contributed by atoms with Crippen LogP contribution >= 0.6 is 0 Å². The van der Waals surface area contributed by atoms with Gasteiger partial charge in [0, 0.05) is 12.6 Å². The number of esters is 1. The van der Waals surface area contributed by atoms with Gasteiger partial charge >= 0.3 is 24.2 Å². The molecule has 0 fully saturated rings. The van der Waals surface area contributed by atoms with E-state index < -0.39 is 18.2 Å². The zero-order chi connectivity index (χ0) is 21.6. The van der Waals surface area contributed by atoms with Crippen molar-refractivity contribution in [3.05, 3.63) is 35.9 Å². The van der Waals surface area contributed by atoms with Crippen molar-refractivity contribution in [1.29, 1.82) is 0 Å². The maximum absolute atomic E-state index is 11.4. The minimum atomic E-state index is -5.08. The van der Waals surface area contributed by atoms with Crippen molar-refractivity contribution < 1.29 is 42.1 Å². The average Bonchev–Trinajstić information content (AvgIpc) is 2.64. The lowest BCUT2D eigenvalue weighted by Crippen LogP contribution is -2.28. The standard InChI is InChI=1S/C15H22N2O4.C2HF3O2/c1-20-14(18)10-13(16)8-5-9-17-15(19)21-11-12-6-3-2-4-7-12;3-2(4,5)1(6)7/h2-4,6-7,13H,5,8-11,16H2,1H3,(H,17,19);(H,6,7)/t13-;/m0./s1. The molecular weight excluding hydrogens is 385 g/mol. The number of hydrogen-bond donors (Lipinski definition) is 3. The number of halogens is 3. The van der Waals surface area contributed by atoms with Crippen LogP contribution in [0.3, 0.4) is 0 Å². The molecule has 4 N–H and O–H groups in total. The van der Waals surface area contributed by atoms with Crippen molar-refractivity contribution in [1.82, 2.24) is 5.32 Å². The number of benzene rings is 1. The Hall–Kier alpha value is -2.82. The van der Waals surface area contributed by atoms with Crippen molar-refractivity contribution in [2.24, 2.45) is 5.73 Å². The number of alkyl halides is 3. The van der Waals surface area contributed by atoms with Crippen LogP contribution in [-0.4, -0.2) is 49.0 Å². The largest absolute Gasteiger partial charge is 0.490 e. The molecule has 0 bridgehead atoms. The van der Waals surface area contributed by atoms with Crippen LogP contribution in [0.25, 0.3) is 0 Å². The quantitative estimate of drug-likeness (QED) is 0.444. The topological polar surface area (TPSA) is 128 Å². The molecule has 0 aliphatic carbocycles. The fourth-order valence-corrected chi connectivity index (χ4v) is 1.73. The Labute approximate surface area is 159 Å². The minimum Gasteiger partial charge on any atom is -0.475 e. The van der Waals surface area contributed by atoms with Crippen LogP contribution in [0.4, 0.5) is 18.0 Å². The molecule has 1 aromatic carbocycles. The summed E-state index contributed by atoms with van der Waals surface area (Å²) in [5, 5.41) is 9.77. The summed E-state index contributed by atoms with van der Waals surface area (Å²) in [7, 11) is 1.33. The van der Waals surface area contributed by atoms with Gasteiger partial charge in [-0.25, -0.2) is 9.59 Å². The zero-order valence-electron chi connectivity index (χ0n) is 15.2. The van der Waals surface area contributed by atoms with E-state index in [4.69, 9.17) is 20.4 Å². The Bertz CT molecular complexity index is 611. The lowest BCUT2D eigenvalue weighted by molar-refractivity contribution is -0.192.